The summed E-state index contributed by atoms with van der Waals surface area (Å²) in [5.74, 6) is 0.0297. The van der Waals surface area contributed by atoms with Gasteiger partial charge in [-0.25, -0.2) is 0 Å². The van der Waals surface area contributed by atoms with Crippen molar-refractivity contribution >= 4 is 17.3 Å². The molecule has 2 aromatic rings. The van der Waals surface area contributed by atoms with E-state index < -0.39 is 23.5 Å². The van der Waals surface area contributed by atoms with E-state index in [1.807, 2.05) is 0 Å². The van der Waals surface area contributed by atoms with Crippen LogP contribution in [0, 0.1) is 0 Å². The summed E-state index contributed by atoms with van der Waals surface area (Å²) in [5.41, 5.74) is -0.420. The van der Waals surface area contributed by atoms with Crippen molar-refractivity contribution in [1.29, 1.82) is 0 Å². The van der Waals surface area contributed by atoms with E-state index in [4.69, 9.17) is 0 Å². The highest BCUT2D eigenvalue weighted by Crippen LogP contribution is 2.31. The minimum atomic E-state index is -4.46. The standard InChI is InChI=1S/C26H31F6N5O/c27-25(28,29)19-5-7-23(8-6-19)36-13-11-35(12-14-36)9-2-4-24(38)37-10-1-3-21(18-37)34-22-15-20(16-33-17-22)26(30,31)32/h5-8,15-17,21,34H,1-4,9-14,18H2. The van der Waals surface area contributed by atoms with Crippen LogP contribution < -0.4 is 10.2 Å². The first-order chi connectivity index (χ1) is 18.0. The van der Waals surface area contributed by atoms with Crippen LogP contribution in [0.1, 0.15) is 36.8 Å². The molecule has 0 saturated carbocycles. The third-order valence-corrected chi connectivity index (χ3v) is 7.01. The van der Waals surface area contributed by atoms with Gasteiger partial charge < -0.3 is 15.1 Å². The number of benzene rings is 1. The van der Waals surface area contributed by atoms with Crippen molar-refractivity contribution in [1.82, 2.24) is 14.8 Å². The zero-order valence-corrected chi connectivity index (χ0v) is 20.9. The predicted octanol–water partition coefficient (Wildman–Crippen LogP) is 5.12. The first-order valence-electron chi connectivity index (χ1n) is 12.7. The number of piperazine rings is 1. The van der Waals surface area contributed by atoms with Crippen LogP contribution in [0.5, 0.6) is 0 Å². The summed E-state index contributed by atoms with van der Waals surface area (Å²) in [4.78, 5) is 22.5. The molecule has 1 N–H and O–H groups in total. The number of likely N-dealkylation sites (tertiary alicyclic amines) is 1. The largest absolute Gasteiger partial charge is 0.417 e. The Hall–Kier alpha value is -3.02. The zero-order valence-electron chi connectivity index (χ0n) is 20.9. The van der Waals surface area contributed by atoms with E-state index in [9.17, 15) is 31.1 Å². The topological polar surface area (TPSA) is 51.7 Å². The molecule has 12 heteroatoms. The van der Waals surface area contributed by atoms with E-state index in [2.05, 4.69) is 20.1 Å². The second-order valence-corrected chi connectivity index (χ2v) is 9.76. The second-order valence-electron chi connectivity index (χ2n) is 9.76. The van der Waals surface area contributed by atoms with Crippen LogP contribution in [0.25, 0.3) is 0 Å². The fourth-order valence-electron chi connectivity index (χ4n) is 4.93. The van der Waals surface area contributed by atoms with Crippen LogP contribution in [-0.4, -0.2) is 72.5 Å². The van der Waals surface area contributed by atoms with Crippen LogP contribution in [0.3, 0.4) is 0 Å². The average molecular weight is 544 g/mol. The molecule has 1 amide bonds. The average Bonchev–Trinajstić information content (AvgIpc) is 2.88. The molecule has 2 fully saturated rings. The van der Waals surface area contributed by atoms with E-state index >= 15 is 0 Å². The molecule has 2 saturated heterocycles. The molecule has 38 heavy (non-hydrogen) atoms. The first kappa shape index (κ1) is 28.0. The van der Waals surface area contributed by atoms with Crippen molar-refractivity contribution in [2.45, 2.75) is 44.1 Å². The molecule has 0 bridgehead atoms. The summed E-state index contributed by atoms with van der Waals surface area (Å²) in [5, 5.41) is 3.09. The van der Waals surface area contributed by atoms with Gasteiger partial charge in [0.05, 0.1) is 16.8 Å². The van der Waals surface area contributed by atoms with Crippen molar-refractivity contribution in [3.8, 4) is 0 Å². The number of carbonyl (C=O) groups is 1. The molecular formula is C26H31F6N5O. The van der Waals surface area contributed by atoms with E-state index in [0.717, 1.165) is 62.6 Å². The number of anilines is 2. The number of nitrogens with one attached hydrogen (secondary N) is 1. The van der Waals surface area contributed by atoms with Crippen LogP contribution in [-0.2, 0) is 17.1 Å². The van der Waals surface area contributed by atoms with E-state index in [1.165, 1.54) is 18.3 Å². The Morgan fingerprint density at radius 2 is 1.61 bits per heavy atom. The normalized spacial score (nSPS) is 19.5. The Balaban J connectivity index is 1.18. The summed E-state index contributed by atoms with van der Waals surface area (Å²) in [6.45, 7) is 4.72. The van der Waals surface area contributed by atoms with Crippen molar-refractivity contribution in [2.75, 3.05) is 56.0 Å². The molecule has 0 aliphatic carbocycles. The monoisotopic (exact) mass is 543 g/mol. The lowest BCUT2D eigenvalue weighted by Crippen LogP contribution is -2.47. The molecule has 6 nitrogen and oxygen atoms in total. The Bertz CT molecular complexity index is 1070. The Kier molecular flexibility index (Phi) is 8.69. The minimum absolute atomic E-state index is 0.0297. The molecule has 1 atom stereocenters. The number of nitrogens with zero attached hydrogens (tertiary/aromatic N) is 4. The maximum Gasteiger partial charge on any atom is 0.417 e. The van der Waals surface area contributed by atoms with Crippen molar-refractivity contribution < 1.29 is 31.1 Å². The maximum absolute atomic E-state index is 13.0. The molecule has 3 heterocycles. The van der Waals surface area contributed by atoms with Crippen molar-refractivity contribution in [3.05, 3.63) is 53.9 Å². The first-order valence-corrected chi connectivity index (χ1v) is 12.7. The fourth-order valence-corrected chi connectivity index (χ4v) is 4.93. The van der Waals surface area contributed by atoms with Crippen LogP contribution in [0.15, 0.2) is 42.7 Å². The van der Waals surface area contributed by atoms with Gasteiger partial charge in [-0.05, 0) is 56.1 Å². The van der Waals surface area contributed by atoms with Gasteiger partial charge in [-0.3, -0.25) is 14.7 Å². The quantitative estimate of drug-likeness (QED) is 0.492. The van der Waals surface area contributed by atoms with Gasteiger partial charge in [0.25, 0.3) is 0 Å². The number of piperidine rings is 1. The summed E-state index contributed by atoms with van der Waals surface area (Å²) in [6, 6.07) is 6.10. The van der Waals surface area contributed by atoms with Crippen LogP contribution in [0.2, 0.25) is 0 Å². The minimum Gasteiger partial charge on any atom is -0.379 e. The molecule has 2 aliphatic heterocycles. The number of pyridine rings is 1. The SMILES string of the molecule is O=C(CCCN1CCN(c2ccc(C(F)(F)F)cc2)CC1)N1CCCC(Nc2cncc(C(F)(F)F)c2)C1. The lowest BCUT2D eigenvalue weighted by atomic mass is 10.0. The maximum atomic E-state index is 13.0. The number of carbonyl (C=O) groups excluding carboxylic acids is 1. The van der Waals surface area contributed by atoms with E-state index in [0.29, 0.717) is 39.0 Å². The number of aromatic nitrogens is 1. The van der Waals surface area contributed by atoms with Gasteiger partial charge in [-0.2, -0.15) is 26.3 Å². The number of hydrogen-bond acceptors (Lipinski definition) is 5. The smallest absolute Gasteiger partial charge is 0.379 e. The number of amides is 1. The third-order valence-electron chi connectivity index (χ3n) is 7.01. The third kappa shape index (κ3) is 7.52. The summed E-state index contributed by atoms with van der Waals surface area (Å²) in [7, 11) is 0. The second kappa shape index (κ2) is 11.8. The highest BCUT2D eigenvalue weighted by molar-refractivity contribution is 5.76. The molecule has 4 rings (SSSR count). The molecule has 1 aromatic heterocycles. The zero-order chi connectivity index (χ0) is 27.3. The molecule has 2 aliphatic rings. The fraction of sp³-hybridized carbons (Fsp3) is 0.538. The van der Waals surface area contributed by atoms with E-state index in [1.54, 1.807) is 4.90 Å². The van der Waals surface area contributed by atoms with Crippen LogP contribution in [0.4, 0.5) is 37.7 Å². The highest BCUT2D eigenvalue weighted by Gasteiger charge is 2.32. The molecule has 0 radical (unpaired) electrons. The molecule has 1 unspecified atom stereocenters. The lowest BCUT2D eigenvalue weighted by Gasteiger charge is -2.36. The number of halogens is 6. The van der Waals surface area contributed by atoms with Gasteiger partial charge in [0.1, 0.15) is 0 Å². The number of hydrogen-bond donors (Lipinski definition) is 1. The summed E-state index contributed by atoms with van der Waals surface area (Å²) < 4.78 is 77.2. The molecule has 1 aromatic carbocycles. The van der Waals surface area contributed by atoms with Crippen molar-refractivity contribution in [2.24, 2.45) is 0 Å². The van der Waals surface area contributed by atoms with Crippen LogP contribution >= 0.6 is 0 Å². The predicted molar refractivity (Wildman–Crippen MR) is 132 cm³/mol. The molecular weight excluding hydrogens is 512 g/mol. The van der Waals surface area contributed by atoms with Gasteiger partial charge in [-0.1, -0.05) is 0 Å². The van der Waals surface area contributed by atoms with E-state index in [-0.39, 0.29) is 17.6 Å². The number of rotatable bonds is 7. The van der Waals surface area contributed by atoms with Gasteiger partial charge in [-0.15, -0.1) is 0 Å². The Labute approximate surface area is 217 Å². The molecule has 208 valence electrons. The lowest BCUT2D eigenvalue weighted by molar-refractivity contribution is -0.138. The summed E-state index contributed by atoms with van der Waals surface area (Å²) in [6.07, 6.45) is -4.08. The molecule has 0 spiro atoms. The summed E-state index contributed by atoms with van der Waals surface area (Å²) >= 11 is 0. The Morgan fingerprint density at radius 3 is 2.26 bits per heavy atom. The van der Waals surface area contributed by atoms with Gasteiger partial charge in [0.2, 0.25) is 5.91 Å². The van der Waals surface area contributed by atoms with Gasteiger partial charge in [0.15, 0.2) is 0 Å². The number of alkyl halides is 6. The Morgan fingerprint density at radius 1 is 0.921 bits per heavy atom. The highest BCUT2D eigenvalue weighted by atomic mass is 19.4. The van der Waals surface area contributed by atoms with Crippen molar-refractivity contribution in [3.63, 3.8) is 0 Å². The van der Waals surface area contributed by atoms with Gasteiger partial charge in [0, 0.05) is 69.8 Å². The van der Waals surface area contributed by atoms with Gasteiger partial charge >= 0.3 is 12.4 Å².